The highest BCUT2D eigenvalue weighted by atomic mass is 127. The number of guanidine groups is 1. The van der Waals surface area contributed by atoms with Gasteiger partial charge in [-0.2, -0.15) is 0 Å². The second-order valence-electron chi connectivity index (χ2n) is 5.94. The molecule has 26 heavy (non-hydrogen) atoms. The molecule has 8 heteroatoms. The predicted molar refractivity (Wildman–Crippen MR) is 119 cm³/mol. The molecule has 1 saturated heterocycles. The molecule has 0 amide bonds. The Morgan fingerprint density at radius 1 is 1.23 bits per heavy atom. The van der Waals surface area contributed by atoms with E-state index in [0.717, 1.165) is 49.4 Å². The molecule has 1 aliphatic heterocycles. The van der Waals surface area contributed by atoms with Gasteiger partial charge < -0.3 is 19.9 Å². The summed E-state index contributed by atoms with van der Waals surface area (Å²) < 4.78 is 5.23. The highest BCUT2D eigenvalue weighted by Gasteiger charge is 2.20. The number of halogens is 1. The van der Waals surface area contributed by atoms with Gasteiger partial charge in [0.1, 0.15) is 10.8 Å². The van der Waals surface area contributed by atoms with Crippen molar-refractivity contribution >= 4 is 47.0 Å². The largest absolute Gasteiger partial charge is 0.497 e. The molecular formula is C18H26IN5OS. The molecule has 0 aliphatic carbocycles. The molecule has 2 heterocycles. The van der Waals surface area contributed by atoms with E-state index >= 15 is 0 Å². The predicted octanol–water partition coefficient (Wildman–Crippen LogP) is 2.98. The van der Waals surface area contributed by atoms with Crippen molar-refractivity contribution in [3.63, 3.8) is 0 Å². The zero-order valence-corrected chi connectivity index (χ0v) is 18.6. The molecular weight excluding hydrogens is 461 g/mol. The number of nitrogens with zero attached hydrogens (tertiary/aromatic N) is 4. The lowest BCUT2D eigenvalue weighted by atomic mass is 10.2. The minimum atomic E-state index is 0. The van der Waals surface area contributed by atoms with Crippen LogP contribution in [0.15, 0.2) is 35.5 Å². The van der Waals surface area contributed by atoms with Crippen LogP contribution in [-0.2, 0) is 6.54 Å². The van der Waals surface area contributed by atoms with Crippen LogP contribution in [0.4, 0.5) is 5.69 Å². The van der Waals surface area contributed by atoms with Crippen molar-refractivity contribution < 1.29 is 4.74 Å². The lowest BCUT2D eigenvalue weighted by Gasteiger charge is -2.37. The minimum absolute atomic E-state index is 0. The summed E-state index contributed by atoms with van der Waals surface area (Å²) in [6, 6.07) is 8.26. The molecule has 0 saturated carbocycles. The maximum absolute atomic E-state index is 5.23. The molecule has 1 aliphatic rings. The summed E-state index contributed by atoms with van der Waals surface area (Å²) in [6.07, 6.45) is 1.91. The third-order valence-electron chi connectivity index (χ3n) is 4.30. The van der Waals surface area contributed by atoms with Crippen molar-refractivity contribution in [2.24, 2.45) is 4.99 Å². The lowest BCUT2D eigenvalue weighted by Crippen LogP contribution is -2.52. The molecule has 0 spiro atoms. The topological polar surface area (TPSA) is 53.0 Å². The van der Waals surface area contributed by atoms with E-state index < -0.39 is 0 Å². The van der Waals surface area contributed by atoms with E-state index in [9.17, 15) is 0 Å². The standard InChI is InChI=1S/C18H25N5OS.HI/c1-14-12-20-17(25-14)13-21-18(19-2)23-10-8-22(9-11-23)15-4-6-16(24-3)7-5-15;/h4-7,12H,8-11,13H2,1-3H3,(H,19,21);1H. The zero-order chi connectivity index (χ0) is 17.6. The first kappa shape index (κ1) is 20.8. The Kier molecular flexibility index (Phi) is 7.95. The van der Waals surface area contributed by atoms with Gasteiger partial charge in [-0.05, 0) is 31.2 Å². The van der Waals surface area contributed by atoms with Crippen LogP contribution in [0.2, 0.25) is 0 Å². The number of hydrogen-bond acceptors (Lipinski definition) is 5. The molecule has 142 valence electrons. The molecule has 0 radical (unpaired) electrons. The van der Waals surface area contributed by atoms with E-state index in [1.165, 1.54) is 10.6 Å². The summed E-state index contributed by atoms with van der Waals surface area (Å²) in [6.45, 7) is 6.65. The van der Waals surface area contributed by atoms with Crippen LogP contribution in [0.5, 0.6) is 5.75 Å². The summed E-state index contributed by atoms with van der Waals surface area (Å²) in [5.41, 5.74) is 1.24. The Morgan fingerprint density at radius 3 is 2.46 bits per heavy atom. The fourth-order valence-electron chi connectivity index (χ4n) is 2.94. The average Bonchev–Trinajstić information content (AvgIpc) is 3.08. The molecule has 1 aromatic carbocycles. The summed E-state index contributed by atoms with van der Waals surface area (Å²) >= 11 is 1.72. The highest BCUT2D eigenvalue weighted by Crippen LogP contribution is 2.20. The van der Waals surface area contributed by atoms with Gasteiger partial charge in [-0.15, -0.1) is 35.3 Å². The van der Waals surface area contributed by atoms with Gasteiger partial charge in [0.15, 0.2) is 5.96 Å². The molecule has 0 bridgehead atoms. The Balaban J connectivity index is 0.00000243. The third-order valence-corrected chi connectivity index (χ3v) is 5.21. The maximum Gasteiger partial charge on any atom is 0.194 e. The first-order valence-electron chi connectivity index (χ1n) is 8.45. The summed E-state index contributed by atoms with van der Waals surface area (Å²) in [5, 5.41) is 4.52. The van der Waals surface area contributed by atoms with Crippen molar-refractivity contribution in [1.29, 1.82) is 0 Å². The first-order valence-corrected chi connectivity index (χ1v) is 9.27. The van der Waals surface area contributed by atoms with Crippen LogP contribution in [-0.4, -0.2) is 56.2 Å². The molecule has 2 aromatic rings. The summed E-state index contributed by atoms with van der Waals surface area (Å²) in [4.78, 5) is 14.8. The second kappa shape index (κ2) is 9.96. The fraction of sp³-hybridized carbons (Fsp3) is 0.444. The van der Waals surface area contributed by atoms with Crippen LogP contribution in [0.25, 0.3) is 0 Å². The van der Waals surface area contributed by atoms with Gasteiger partial charge in [0, 0.05) is 50.0 Å². The zero-order valence-electron chi connectivity index (χ0n) is 15.4. The highest BCUT2D eigenvalue weighted by molar-refractivity contribution is 14.0. The average molecular weight is 487 g/mol. The monoisotopic (exact) mass is 487 g/mol. The molecule has 1 aromatic heterocycles. The van der Waals surface area contributed by atoms with Gasteiger partial charge in [0.2, 0.25) is 0 Å². The van der Waals surface area contributed by atoms with Crippen LogP contribution < -0.4 is 15.0 Å². The number of aryl methyl sites for hydroxylation is 1. The van der Waals surface area contributed by atoms with E-state index in [1.54, 1.807) is 18.4 Å². The number of hydrogen-bond donors (Lipinski definition) is 1. The van der Waals surface area contributed by atoms with Crippen LogP contribution in [0.1, 0.15) is 9.88 Å². The normalized spacial score (nSPS) is 14.8. The number of nitrogens with one attached hydrogen (secondary N) is 1. The quantitative estimate of drug-likeness (QED) is 0.409. The first-order chi connectivity index (χ1) is 12.2. The Bertz CT molecular complexity index is 711. The van der Waals surface area contributed by atoms with Crippen molar-refractivity contribution in [2.45, 2.75) is 13.5 Å². The number of aromatic nitrogens is 1. The van der Waals surface area contributed by atoms with Crippen molar-refractivity contribution in [3.05, 3.63) is 40.3 Å². The van der Waals surface area contributed by atoms with Gasteiger partial charge in [0.25, 0.3) is 0 Å². The van der Waals surface area contributed by atoms with E-state index in [2.05, 4.69) is 44.1 Å². The SMILES string of the molecule is CN=C(NCc1ncc(C)s1)N1CCN(c2ccc(OC)cc2)CC1.I. The second-order valence-corrected chi connectivity index (χ2v) is 7.26. The van der Waals surface area contributed by atoms with Gasteiger partial charge in [-0.25, -0.2) is 4.98 Å². The van der Waals surface area contributed by atoms with Gasteiger partial charge >= 0.3 is 0 Å². The number of thiazole rings is 1. The number of ether oxygens (including phenoxy) is 1. The summed E-state index contributed by atoms with van der Waals surface area (Å²) in [5.74, 6) is 1.84. The Morgan fingerprint density at radius 2 is 1.92 bits per heavy atom. The molecule has 0 atom stereocenters. The fourth-order valence-corrected chi connectivity index (χ4v) is 3.67. The maximum atomic E-state index is 5.23. The van der Waals surface area contributed by atoms with E-state index in [-0.39, 0.29) is 24.0 Å². The smallest absolute Gasteiger partial charge is 0.194 e. The van der Waals surface area contributed by atoms with Crippen molar-refractivity contribution in [1.82, 2.24) is 15.2 Å². The van der Waals surface area contributed by atoms with Gasteiger partial charge in [-0.3, -0.25) is 4.99 Å². The number of anilines is 1. The Hall–Kier alpha value is -1.55. The minimum Gasteiger partial charge on any atom is -0.497 e. The van der Waals surface area contributed by atoms with Crippen LogP contribution in [0.3, 0.4) is 0 Å². The molecule has 6 nitrogen and oxygen atoms in total. The number of methoxy groups -OCH3 is 1. The van der Waals surface area contributed by atoms with E-state index in [4.69, 9.17) is 4.74 Å². The number of benzene rings is 1. The number of aliphatic imine (C=N–C) groups is 1. The van der Waals surface area contributed by atoms with Crippen molar-refractivity contribution in [2.75, 3.05) is 45.2 Å². The summed E-state index contributed by atoms with van der Waals surface area (Å²) in [7, 11) is 3.53. The van der Waals surface area contributed by atoms with E-state index in [1.807, 2.05) is 25.4 Å². The molecule has 3 rings (SSSR count). The molecule has 0 unspecified atom stereocenters. The Labute approximate surface area is 176 Å². The number of rotatable bonds is 4. The van der Waals surface area contributed by atoms with Gasteiger partial charge in [0.05, 0.1) is 13.7 Å². The van der Waals surface area contributed by atoms with E-state index in [0.29, 0.717) is 0 Å². The third kappa shape index (κ3) is 5.23. The number of piperazine rings is 1. The van der Waals surface area contributed by atoms with Crippen LogP contribution >= 0.6 is 35.3 Å². The van der Waals surface area contributed by atoms with Gasteiger partial charge in [-0.1, -0.05) is 0 Å². The lowest BCUT2D eigenvalue weighted by molar-refractivity contribution is 0.372. The van der Waals surface area contributed by atoms with Crippen LogP contribution in [0, 0.1) is 6.92 Å². The molecule has 1 N–H and O–H groups in total. The van der Waals surface area contributed by atoms with Crippen molar-refractivity contribution in [3.8, 4) is 5.75 Å². The molecule has 1 fully saturated rings.